The predicted octanol–water partition coefficient (Wildman–Crippen LogP) is 2.24. The average molecular weight is 257 g/mol. The summed E-state index contributed by atoms with van der Waals surface area (Å²) in [6.07, 6.45) is 1.34. The van der Waals surface area contributed by atoms with Gasteiger partial charge >= 0.3 is 0 Å². The topological polar surface area (TPSA) is 46.3 Å². The van der Waals surface area contributed by atoms with Crippen molar-refractivity contribution >= 4 is 23.2 Å². The summed E-state index contributed by atoms with van der Waals surface area (Å²) >= 11 is 6.01. The van der Waals surface area contributed by atoms with Crippen LogP contribution in [0.1, 0.15) is 18.4 Å². The summed E-state index contributed by atoms with van der Waals surface area (Å²) in [4.78, 5) is 13.3. The van der Waals surface area contributed by atoms with E-state index in [0.29, 0.717) is 29.1 Å². The first-order valence-corrected chi connectivity index (χ1v) is 5.75. The summed E-state index contributed by atoms with van der Waals surface area (Å²) in [7, 11) is 1.56. The highest BCUT2D eigenvalue weighted by Gasteiger charge is 2.48. The lowest BCUT2D eigenvalue weighted by molar-refractivity contribution is -0.120. The number of nitrogens with two attached hydrogens (primary N) is 1. The van der Waals surface area contributed by atoms with Gasteiger partial charge in [-0.1, -0.05) is 11.6 Å². The number of benzene rings is 1. The molecular weight excluding hydrogens is 243 g/mol. The van der Waals surface area contributed by atoms with E-state index in [1.54, 1.807) is 14.0 Å². The molecule has 1 aliphatic rings. The van der Waals surface area contributed by atoms with E-state index in [1.807, 2.05) is 0 Å². The summed E-state index contributed by atoms with van der Waals surface area (Å²) in [6, 6.07) is 2.77. The van der Waals surface area contributed by atoms with Gasteiger partial charge in [-0.2, -0.15) is 0 Å². The Morgan fingerprint density at radius 3 is 2.65 bits per heavy atom. The molecule has 1 aromatic carbocycles. The van der Waals surface area contributed by atoms with Crippen molar-refractivity contribution in [3.8, 4) is 0 Å². The normalized spacial score (nSPS) is 16.8. The Kier molecular flexibility index (Phi) is 2.87. The summed E-state index contributed by atoms with van der Waals surface area (Å²) < 4.78 is 13.5. The zero-order valence-electron chi connectivity index (χ0n) is 9.76. The maximum Gasteiger partial charge on any atom is 0.246 e. The number of hydrogen-bond acceptors (Lipinski definition) is 2. The smallest absolute Gasteiger partial charge is 0.246 e. The second kappa shape index (κ2) is 3.96. The Bertz CT molecular complexity index is 486. The van der Waals surface area contributed by atoms with E-state index in [9.17, 15) is 9.18 Å². The van der Waals surface area contributed by atoms with E-state index in [2.05, 4.69) is 0 Å². The van der Waals surface area contributed by atoms with Crippen LogP contribution in [0.4, 0.5) is 10.1 Å². The Hall–Kier alpha value is -1.13. The Morgan fingerprint density at radius 2 is 2.12 bits per heavy atom. The number of carbonyl (C=O) groups is 1. The third-order valence-corrected chi connectivity index (χ3v) is 3.41. The molecule has 0 spiro atoms. The summed E-state index contributed by atoms with van der Waals surface area (Å²) in [6.45, 7) is 1.62. The van der Waals surface area contributed by atoms with Crippen LogP contribution in [0.15, 0.2) is 12.1 Å². The molecule has 0 saturated heterocycles. The van der Waals surface area contributed by atoms with E-state index in [-0.39, 0.29) is 11.7 Å². The van der Waals surface area contributed by atoms with Crippen molar-refractivity contribution in [2.75, 3.05) is 11.9 Å². The van der Waals surface area contributed by atoms with Crippen molar-refractivity contribution in [1.29, 1.82) is 0 Å². The zero-order valence-corrected chi connectivity index (χ0v) is 10.5. The molecule has 2 rings (SSSR count). The number of amides is 1. The first-order valence-electron chi connectivity index (χ1n) is 5.38. The molecule has 1 aromatic rings. The van der Waals surface area contributed by atoms with Gasteiger partial charge in [-0.05, 0) is 37.5 Å². The number of halogens is 2. The third kappa shape index (κ3) is 2.15. The lowest BCUT2D eigenvalue weighted by Crippen LogP contribution is -2.44. The summed E-state index contributed by atoms with van der Waals surface area (Å²) in [5, 5.41) is 0.351. The van der Waals surface area contributed by atoms with E-state index >= 15 is 0 Å². The zero-order chi connectivity index (χ0) is 12.8. The summed E-state index contributed by atoms with van der Waals surface area (Å²) in [5.74, 6) is -0.603. The molecule has 1 aliphatic carbocycles. The summed E-state index contributed by atoms with van der Waals surface area (Å²) in [5.41, 5.74) is 5.85. The van der Waals surface area contributed by atoms with E-state index in [4.69, 9.17) is 17.3 Å². The number of nitrogens with zero attached hydrogens (tertiary/aromatic N) is 1. The predicted molar refractivity (Wildman–Crippen MR) is 65.7 cm³/mol. The molecule has 0 bridgehead atoms. The number of anilines is 1. The van der Waals surface area contributed by atoms with Gasteiger partial charge in [0.25, 0.3) is 0 Å². The standard InChI is InChI=1S/C12H14ClFN2O/c1-7-5-8(13)10(6-9(7)14)16(2)11(17)12(15)3-4-12/h5-6H,3-4,15H2,1-2H3. The number of rotatable bonds is 2. The quantitative estimate of drug-likeness (QED) is 0.882. The first kappa shape index (κ1) is 12.3. The van der Waals surface area contributed by atoms with E-state index in [1.165, 1.54) is 17.0 Å². The molecule has 0 unspecified atom stereocenters. The number of aryl methyl sites for hydroxylation is 1. The van der Waals surface area contributed by atoms with Crippen LogP contribution in [0, 0.1) is 12.7 Å². The molecule has 1 fully saturated rings. The monoisotopic (exact) mass is 256 g/mol. The second-order valence-corrected chi connectivity index (χ2v) is 4.98. The molecule has 0 radical (unpaired) electrons. The van der Waals surface area contributed by atoms with Crippen LogP contribution < -0.4 is 10.6 Å². The molecule has 5 heteroatoms. The Balaban J connectivity index is 2.34. The Morgan fingerprint density at radius 1 is 1.53 bits per heavy atom. The van der Waals surface area contributed by atoms with Crippen molar-refractivity contribution in [3.05, 3.63) is 28.5 Å². The minimum absolute atomic E-state index is 0.220. The molecule has 0 aromatic heterocycles. The Labute approximate surface area is 104 Å². The van der Waals surface area contributed by atoms with Crippen LogP contribution in [0.25, 0.3) is 0 Å². The fourth-order valence-electron chi connectivity index (χ4n) is 1.68. The van der Waals surface area contributed by atoms with Gasteiger partial charge in [-0.25, -0.2) is 4.39 Å². The maximum atomic E-state index is 13.5. The van der Waals surface area contributed by atoms with Gasteiger partial charge in [0.05, 0.1) is 16.2 Å². The van der Waals surface area contributed by atoms with Gasteiger partial charge in [0.2, 0.25) is 5.91 Å². The molecule has 1 amide bonds. The molecule has 0 aliphatic heterocycles. The van der Waals surface area contributed by atoms with Crippen LogP contribution in [-0.4, -0.2) is 18.5 Å². The molecule has 3 nitrogen and oxygen atoms in total. The average Bonchev–Trinajstić information content (AvgIpc) is 3.01. The number of hydrogen-bond donors (Lipinski definition) is 1. The van der Waals surface area contributed by atoms with Crippen molar-refractivity contribution in [1.82, 2.24) is 0 Å². The minimum Gasteiger partial charge on any atom is -0.317 e. The van der Waals surface area contributed by atoms with E-state index in [0.717, 1.165) is 0 Å². The van der Waals surface area contributed by atoms with Crippen molar-refractivity contribution in [3.63, 3.8) is 0 Å². The molecule has 2 N–H and O–H groups in total. The second-order valence-electron chi connectivity index (χ2n) is 4.57. The highest BCUT2D eigenvalue weighted by Crippen LogP contribution is 2.37. The van der Waals surface area contributed by atoms with Crippen LogP contribution >= 0.6 is 11.6 Å². The lowest BCUT2D eigenvalue weighted by Gasteiger charge is -2.22. The van der Waals surface area contributed by atoms with Crippen LogP contribution in [-0.2, 0) is 4.79 Å². The van der Waals surface area contributed by atoms with Gasteiger partial charge < -0.3 is 10.6 Å². The van der Waals surface area contributed by atoms with Crippen molar-refractivity contribution < 1.29 is 9.18 Å². The first-order chi connectivity index (χ1) is 7.85. The number of likely N-dealkylation sites (N-methyl/N-ethyl adjacent to an activating group) is 1. The van der Waals surface area contributed by atoms with Crippen LogP contribution in [0.5, 0.6) is 0 Å². The molecule has 1 saturated carbocycles. The number of carbonyl (C=O) groups excluding carboxylic acids is 1. The molecule has 0 heterocycles. The van der Waals surface area contributed by atoms with Crippen molar-refractivity contribution in [2.24, 2.45) is 5.73 Å². The fraction of sp³-hybridized carbons (Fsp3) is 0.417. The highest BCUT2D eigenvalue weighted by molar-refractivity contribution is 6.34. The van der Waals surface area contributed by atoms with Gasteiger partial charge in [0, 0.05) is 7.05 Å². The largest absolute Gasteiger partial charge is 0.317 e. The molecule has 17 heavy (non-hydrogen) atoms. The fourth-order valence-corrected chi connectivity index (χ4v) is 2.03. The maximum absolute atomic E-state index is 13.5. The third-order valence-electron chi connectivity index (χ3n) is 3.11. The highest BCUT2D eigenvalue weighted by atomic mass is 35.5. The van der Waals surface area contributed by atoms with Gasteiger partial charge in [0.15, 0.2) is 0 Å². The molecular formula is C12H14ClFN2O. The van der Waals surface area contributed by atoms with Crippen LogP contribution in [0.3, 0.4) is 0 Å². The SMILES string of the molecule is Cc1cc(Cl)c(N(C)C(=O)C2(N)CC2)cc1F. The molecule has 0 atom stereocenters. The molecule has 92 valence electrons. The van der Waals surface area contributed by atoms with Crippen LogP contribution in [0.2, 0.25) is 5.02 Å². The lowest BCUT2D eigenvalue weighted by atomic mass is 10.1. The minimum atomic E-state index is -0.778. The van der Waals surface area contributed by atoms with Gasteiger partial charge in [0.1, 0.15) is 5.82 Å². The van der Waals surface area contributed by atoms with Gasteiger partial charge in [-0.3, -0.25) is 4.79 Å². The van der Waals surface area contributed by atoms with E-state index < -0.39 is 5.54 Å². The van der Waals surface area contributed by atoms with Gasteiger partial charge in [-0.15, -0.1) is 0 Å². The van der Waals surface area contributed by atoms with Crippen molar-refractivity contribution in [2.45, 2.75) is 25.3 Å².